The Hall–Kier alpha value is -1.06. The molecule has 11 rings (SSSR count). The van der Waals surface area contributed by atoms with E-state index in [1.807, 2.05) is 0 Å². The van der Waals surface area contributed by atoms with E-state index in [1.165, 1.54) is 89.9 Å². The normalized spacial score (nSPS) is 54.6. The molecule has 11 aliphatic rings. The lowest BCUT2D eigenvalue weighted by Crippen LogP contribution is -2.51. The molecule has 35 heavy (non-hydrogen) atoms. The highest BCUT2D eigenvalue weighted by Gasteiger charge is 2.60. The van der Waals surface area contributed by atoms with Gasteiger partial charge < -0.3 is 9.47 Å². The van der Waals surface area contributed by atoms with Gasteiger partial charge in [0.1, 0.15) is 18.6 Å². The van der Waals surface area contributed by atoms with Crippen LogP contribution in [0.2, 0.25) is 0 Å². The number of ether oxygens (including phenoxy) is 2. The summed E-state index contributed by atoms with van der Waals surface area (Å²) >= 11 is 0. The van der Waals surface area contributed by atoms with Crippen molar-refractivity contribution in [3.8, 4) is 0 Å². The molecule has 9 saturated carbocycles. The fraction of sp³-hybridized carbons (Fsp3) is 0.935. The molecule has 0 aromatic carbocycles. The standard InChI is InChI=1S/C31H44N2O2/c1-2-4-31(3-1,27-32-25(17-34-27)29-11-19-5-20(12-29)7-21(6-19)13-29)28-33-26(18-35-28)30-14-22-8-23(15-30)10-24(9-22)16-30/h19-26H,1-18H2/t19?,20?,21?,22?,23?,24?,25-,26-,29?,30?/m1/s1. The molecule has 2 aliphatic heterocycles. The molecule has 4 heteroatoms. The second-order valence-electron chi connectivity index (χ2n) is 15.4. The highest BCUT2D eigenvalue weighted by atomic mass is 16.5. The maximum Gasteiger partial charge on any atom is 0.199 e. The Labute approximate surface area is 211 Å². The second-order valence-corrected chi connectivity index (χ2v) is 15.4. The molecule has 0 aromatic rings. The third-order valence-electron chi connectivity index (χ3n) is 13.2. The zero-order valence-electron chi connectivity index (χ0n) is 21.6. The summed E-state index contributed by atoms with van der Waals surface area (Å²) in [5, 5.41) is 0. The largest absolute Gasteiger partial charge is 0.478 e. The molecular weight excluding hydrogens is 432 g/mol. The van der Waals surface area contributed by atoms with Crippen molar-refractivity contribution in [1.82, 2.24) is 0 Å². The van der Waals surface area contributed by atoms with Gasteiger partial charge in [-0.2, -0.15) is 0 Å². The monoisotopic (exact) mass is 476 g/mol. The summed E-state index contributed by atoms with van der Waals surface area (Å²) in [5.74, 6) is 7.94. The Morgan fingerprint density at radius 1 is 0.514 bits per heavy atom. The molecule has 0 saturated heterocycles. The van der Waals surface area contributed by atoms with Gasteiger partial charge in [0, 0.05) is 0 Å². The Morgan fingerprint density at radius 2 is 0.857 bits per heavy atom. The van der Waals surface area contributed by atoms with E-state index < -0.39 is 0 Å². The summed E-state index contributed by atoms with van der Waals surface area (Å²) in [5.41, 5.74) is 0.737. The van der Waals surface area contributed by atoms with E-state index in [9.17, 15) is 0 Å². The van der Waals surface area contributed by atoms with Gasteiger partial charge in [0.05, 0.1) is 12.1 Å². The van der Waals surface area contributed by atoms with Crippen LogP contribution in [0.5, 0.6) is 0 Å². The summed E-state index contributed by atoms with van der Waals surface area (Å²) in [6.07, 6.45) is 22.3. The average molecular weight is 477 g/mol. The van der Waals surface area contributed by atoms with Gasteiger partial charge in [0.2, 0.25) is 0 Å². The molecule has 190 valence electrons. The van der Waals surface area contributed by atoms with Crippen LogP contribution >= 0.6 is 0 Å². The zero-order chi connectivity index (χ0) is 22.8. The highest BCUT2D eigenvalue weighted by molar-refractivity contribution is 6.06. The maximum atomic E-state index is 6.63. The third kappa shape index (κ3) is 2.92. The van der Waals surface area contributed by atoms with Gasteiger partial charge in [0.15, 0.2) is 11.8 Å². The maximum absolute atomic E-state index is 6.63. The van der Waals surface area contributed by atoms with Crippen molar-refractivity contribution in [3.05, 3.63) is 0 Å². The van der Waals surface area contributed by atoms with Crippen molar-refractivity contribution in [1.29, 1.82) is 0 Å². The molecule has 4 nitrogen and oxygen atoms in total. The van der Waals surface area contributed by atoms with E-state index in [-0.39, 0.29) is 5.41 Å². The first-order valence-corrected chi connectivity index (χ1v) is 15.5. The predicted molar refractivity (Wildman–Crippen MR) is 136 cm³/mol. The lowest BCUT2D eigenvalue weighted by Gasteiger charge is -2.58. The predicted octanol–water partition coefficient (Wildman–Crippen LogP) is 6.57. The Morgan fingerprint density at radius 3 is 1.20 bits per heavy atom. The van der Waals surface area contributed by atoms with E-state index in [4.69, 9.17) is 19.5 Å². The van der Waals surface area contributed by atoms with Crippen LogP contribution < -0.4 is 0 Å². The Bertz CT molecular complexity index is 832. The first-order chi connectivity index (χ1) is 17.1. The van der Waals surface area contributed by atoms with Crippen molar-refractivity contribution in [2.24, 2.45) is 61.7 Å². The lowest BCUT2D eigenvalue weighted by atomic mass is 9.48. The van der Waals surface area contributed by atoms with Crippen molar-refractivity contribution >= 4 is 11.8 Å². The minimum Gasteiger partial charge on any atom is -0.478 e. The third-order valence-corrected chi connectivity index (χ3v) is 13.2. The number of nitrogens with zero attached hydrogens (tertiary/aromatic N) is 2. The summed E-state index contributed by atoms with van der Waals surface area (Å²) in [6.45, 7) is 1.66. The quantitative estimate of drug-likeness (QED) is 0.460. The fourth-order valence-corrected chi connectivity index (χ4v) is 12.6. The van der Waals surface area contributed by atoms with Gasteiger partial charge in [-0.3, -0.25) is 0 Å². The molecule has 8 bridgehead atoms. The number of aliphatic imine (C=N–C) groups is 2. The number of rotatable bonds is 4. The van der Waals surface area contributed by atoms with Crippen LogP contribution in [0.15, 0.2) is 9.98 Å². The van der Waals surface area contributed by atoms with Crippen molar-refractivity contribution in [3.63, 3.8) is 0 Å². The van der Waals surface area contributed by atoms with E-state index in [2.05, 4.69) is 0 Å². The molecule has 0 aromatic heterocycles. The van der Waals surface area contributed by atoms with Gasteiger partial charge in [-0.25, -0.2) is 9.98 Å². The summed E-state index contributed by atoms with van der Waals surface area (Å²) in [7, 11) is 0. The highest BCUT2D eigenvalue weighted by Crippen LogP contribution is 2.64. The fourth-order valence-electron chi connectivity index (χ4n) is 12.6. The minimum absolute atomic E-state index is 0.145. The zero-order valence-corrected chi connectivity index (χ0v) is 21.6. The van der Waals surface area contributed by atoms with E-state index in [0.717, 1.165) is 73.4 Å². The summed E-state index contributed by atoms with van der Waals surface area (Å²) in [4.78, 5) is 11.1. The van der Waals surface area contributed by atoms with E-state index in [1.54, 1.807) is 0 Å². The van der Waals surface area contributed by atoms with Gasteiger partial charge in [-0.05, 0) is 136 Å². The molecule has 2 heterocycles. The van der Waals surface area contributed by atoms with Crippen LogP contribution in [0, 0.1) is 51.8 Å². The van der Waals surface area contributed by atoms with Crippen LogP contribution in [0.3, 0.4) is 0 Å². The van der Waals surface area contributed by atoms with Crippen LogP contribution in [0.4, 0.5) is 0 Å². The smallest absolute Gasteiger partial charge is 0.199 e. The molecule has 9 fully saturated rings. The van der Waals surface area contributed by atoms with Crippen LogP contribution in [-0.2, 0) is 9.47 Å². The van der Waals surface area contributed by atoms with Crippen LogP contribution in [0.25, 0.3) is 0 Å². The second kappa shape index (κ2) is 7.07. The molecule has 0 amide bonds. The van der Waals surface area contributed by atoms with Gasteiger partial charge in [-0.1, -0.05) is 12.8 Å². The van der Waals surface area contributed by atoms with Crippen molar-refractivity contribution in [2.75, 3.05) is 13.2 Å². The topological polar surface area (TPSA) is 43.2 Å². The molecule has 0 N–H and O–H groups in total. The van der Waals surface area contributed by atoms with Crippen LogP contribution in [0.1, 0.15) is 103 Å². The Balaban J connectivity index is 1.02. The molecule has 0 unspecified atom stereocenters. The summed E-state index contributed by atoms with van der Waals surface area (Å²) < 4.78 is 13.3. The van der Waals surface area contributed by atoms with Crippen molar-refractivity contribution in [2.45, 2.75) is 115 Å². The molecule has 0 radical (unpaired) electrons. The average Bonchev–Trinajstić information content (AvgIpc) is 3.58. The molecule has 2 atom stereocenters. The van der Waals surface area contributed by atoms with Crippen LogP contribution in [-0.4, -0.2) is 37.1 Å². The van der Waals surface area contributed by atoms with Gasteiger partial charge >= 0.3 is 0 Å². The molecular formula is C31H44N2O2. The van der Waals surface area contributed by atoms with E-state index in [0.29, 0.717) is 22.9 Å². The molecule has 0 spiro atoms. The first kappa shape index (κ1) is 20.9. The van der Waals surface area contributed by atoms with Gasteiger partial charge in [0.25, 0.3) is 0 Å². The lowest BCUT2D eigenvalue weighted by molar-refractivity contribution is -0.0692. The van der Waals surface area contributed by atoms with Gasteiger partial charge in [-0.15, -0.1) is 0 Å². The Kier molecular flexibility index (Phi) is 4.23. The number of hydrogen-bond acceptors (Lipinski definition) is 4. The first-order valence-electron chi connectivity index (χ1n) is 15.5. The van der Waals surface area contributed by atoms with Crippen molar-refractivity contribution < 1.29 is 9.47 Å². The SMILES string of the molecule is C1CCC(C2=N[C@@H](C34CC5CC(CC(C5)C3)C4)CO2)(C2=N[C@@H](C34CC5CC(CC(C5)C3)C4)CO2)C1. The molecule has 9 aliphatic carbocycles. The summed E-state index contributed by atoms with van der Waals surface area (Å²) in [6, 6.07) is 0.786. The van der Waals surface area contributed by atoms with E-state index >= 15 is 0 Å². The minimum atomic E-state index is -0.145. The number of hydrogen-bond donors (Lipinski definition) is 0.